The van der Waals surface area contributed by atoms with E-state index in [1.165, 1.54) is 0 Å². The van der Waals surface area contributed by atoms with E-state index in [0.29, 0.717) is 24.4 Å². The number of hydrogen-bond acceptors (Lipinski definition) is 3. The third-order valence-electron chi connectivity index (χ3n) is 3.33. The lowest BCUT2D eigenvalue weighted by atomic mass is 10.1. The fourth-order valence-electron chi connectivity index (χ4n) is 2.08. The van der Waals surface area contributed by atoms with Gasteiger partial charge in [-0.25, -0.2) is 0 Å². The van der Waals surface area contributed by atoms with Crippen LogP contribution in [0.2, 0.25) is 0 Å². The van der Waals surface area contributed by atoms with Crippen LogP contribution in [0.3, 0.4) is 0 Å². The summed E-state index contributed by atoms with van der Waals surface area (Å²) in [5.74, 6) is 0.554. The van der Waals surface area contributed by atoms with E-state index in [9.17, 15) is 4.79 Å². The number of nitrogens with zero attached hydrogens (tertiary/aromatic N) is 2. The zero-order valence-electron chi connectivity index (χ0n) is 13.1. The predicted molar refractivity (Wildman–Crippen MR) is 101 cm³/mol. The highest BCUT2D eigenvalue weighted by Crippen LogP contribution is 2.14. The smallest absolute Gasteiger partial charge is 0.261 e. The molecule has 4 nitrogen and oxygen atoms in total. The number of carbonyl (C=O) groups is 1. The molecular formula is C19H17IN2O2. The molecule has 0 aliphatic heterocycles. The topological polar surface area (TPSA) is 53.3 Å². The average Bonchev–Trinajstić information content (AvgIpc) is 2.61. The van der Waals surface area contributed by atoms with Crippen LogP contribution in [0, 0.1) is 14.9 Å². The zero-order valence-corrected chi connectivity index (χ0v) is 15.3. The molecule has 0 heterocycles. The number of nitriles is 1. The van der Waals surface area contributed by atoms with Gasteiger partial charge in [-0.3, -0.25) is 4.79 Å². The summed E-state index contributed by atoms with van der Waals surface area (Å²) in [6, 6.07) is 16.8. The molecule has 0 fully saturated rings. The van der Waals surface area contributed by atoms with Crippen molar-refractivity contribution in [1.29, 1.82) is 5.26 Å². The molecule has 0 unspecified atom stereocenters. The molecule has 122 valence electrons. The van der Waals surface area contributed by atoms with Crippen molar-refractivity contribution >= 4 is 28.5 Å². The third-order valence-corrected chi connectivity index (χ3v) is 4.05. The van der Waals surface area contributed by atoms with Crippen molar-refractivity contribution in [2.24, 2.45) is 0 Å². The van der Waals surface area contributed by atoms with E-state index in [1.54, 1.807) is 23.1 Å². The fourth-order valence-corrected chi connectivity index (χ4v) is 2.44. The Balaban J connectivity index is 1.97. The summed E-state index contributed by atoms with van der Waals surface area (Å²) in [4.78, 5) is 14.1. The standard InChI is InChI=1S/C19H17IN2O2/c1-2-11-22(13-16-5-3-15(12-21)4-6-16)19(23)14-24-18-9-7-17(20)8-10-18/h2-10H,1,11,13-14H2. The van der Waals surface area contributed by atoms with Gasteiger partial charge >= 0.3 is 0 Å². The second kappa shape index (κ2) is 9.08. The largest absolute Gasteiger partial charge is 0.484 e. The highest BCUT2D eigenvalue weighted by molar-refractivity contribution is 14.1. The van der Waals surface area contributed by atoms with Crippen LogP contribution in [0.25, 0.3) is 0 Å². The molecule has 1 amide bonds. The maximum absolute atomic E-state index is 12.4. The first-order valence-corrected chi connectivity index (χ1v) is 8.46. The SMILES string of the molecule is C=CCN(Cc1ccc(C#N)cc1)C(=O)COc1ccc(I)cc1. The quantitative estimate of drug-likeness (QED) is 0.495. The summed E-state index contributed by atoms with van der Waals surface area (Å²) in [7, 11) is 0. The Morgan fingerprint density at radius 1 is 1.21 bits per heavy atom. The molecule has 2 aromatic rings. The minimum atomic E-state index is -0.113. The second-order valence-electron chi connectivity index (χ2n) is 5.11. The molecule has 0 saturated carbocycles. The Kier molecular flexibility index (Phi) is 6.82. The van der Waals surface area contributed by atoms with Crippen LogP contribution >= 0.6 is 22.6 Å². The molecule has 0 aromatic heterocycles. The van der Waals surface area contributed by atoms with E-state index < -0.39 is 0 Å². The molecular weight excluding hydrogens is 415 g/mol. The molecule has 2 aromatic carbocycles. The predicted octanol–water partition coefficient (Wildman–Crippen LogP) is 3.76. The van der Waals surface area contributed by atoms with Gasteiger partial charge in [-0.1, -0.05) is 18.2 Å². The van der Waals surface area contributed by atoms with Gasteiger partial charge < -0.3 is 9.64 Å². The van der Waals surface area contributed by atoms with Crippen LogP contribution in [0.15, 0.2) is 61.2 Å². The summed E-state index contributed by atoms with van der Waals surface area (Å²) in [5.41, 5.74) is 1.56. The molecule has 0 spiro atoms. The van der Waals surface area contributed by atoms with Crippen LogP contribution in [0.1, 0.15) is 11.1 Å². The molecule has 0 aliphatic carbocycles. The molecule has 2 rings (SSSR count). The normalized spacial score (nSPS) is 9.83. The van der Waals surface area contributed by atoms with Crippen LogP contribution in [0.5, 0.6) is 5.75 Å². The summed E-state index contributed by atoms with van der Waals surface area (Å²) < 4.78 is 6.66. The van der Waals surface area contributed by atoms with Crippen molar-refractivity contribution in [2.45, 2.75) is 6.54 Å². The first kappa shape index (κ1) is 18.0. The number of halogens is 1. The van der Waals surface area contributed by atoms with E-state index in [4.69, 9.17) is 10.00 Å². The minimum absolute atomic E-state index is 0.0231. The number of hydrogen-bond donors (Lipinski definition) is 0. The molecule has 0 radical (unpaired) electrons. The lowest BCUT2D eigenvalue weighted by Crippen LogP contribution is -2.34. The van der Waals surface area contributed by atoms with Gasteiger partial charge in [0.15, 0.2) is 6.61 Å². The molecule has 0 N–H and O–H groups in total. The van der Waals surface area contributed by atoms with E-state index in [0.717, 1.165) is 9.13 Å². The summed E-state index contributed by atoms with van der Waals surface area (Å²) in [6.07, 6.45) is 1.69. The Morgan fingerprint density at radius 2 is 1.88 bits per heavy atom. The summed E-state index contributed by atoms with van der Waals surface area (Å²) >= 11 is 2.22. The van der Waals surface area contributed by atoms with E-state index >= 15 is 0 Å². The number of rotatable bonds is 7. The lowest BCUT2D eigenvalue weighted by molar-refractivity contribution is -0.133. The van der Waals surface area contributed by atoms with Gasteiger partial charge in [0.05, 0.1) is 11.6 Å². The van der Waals surface area contributed by atoms with Gasteiger partial charge in [-0.2, -0.15) is 5.26 Å². The molecule has 5 heteroatoms. The van der Waals surface area contributed by atoms with Crippen LogP contribution in [-0.4, -0.2) is 24.0 Å². The zero-order chi connectivity index (χ0) is 17.4. The number of carbonyl (C=O) groups excluding carboxylic acids is 1. The maximum Gasteiger partial charge on any atom is 0.261 e. The Morgan fingerprint density at radius 3 is 2.46 bits per heavy atom. The Hall–Kier alpha value is -2.33. The van der Waals surface area contributed by atoms with E-state index in [-0.39, 0.29) is 12.5 Å². The number of ether oxygens (including phenoxy) is 1. The molecule has 0 atom stereocenters. The summed E-state index contributed by atoms with van der Waals surface area (Å²) in [6.45, 7) is 4.57. The number of amides is 1. The van der Waals surface area contributed by atoms with Gasteiger partial charge in [0, 0.05) is 16.7 Å². The first-order chi connectivity index (χ1) is 11.6. The highest BCUT2D eigenvalue weighted by Gasteiger charge is 2.13. The lowest BCUT2D eigenvalue weighted by Gasteiger charge is -2.21. The second-order valence-corrected chi connectivity index (χ2v) is 6.36. The van der Waals surface area contributed by atoms with Crippen LogP contribution in [-0.2, 0) is 11.3 Å². The summed E-state index contributed by atoms with van der Waals surface area (Å²) in [5, 5.41) is 8.83. The highest BCUT2D eigenvalue weighted by atomic mass is 127. The first-order valence-electron chi connectivity index (χ1n) is 7.38. The molecule has 0 saturated heterocycles. The number of benzene rings is 2. The van der Waals surface area contributed by atoms with Crippen molar-refractivity contribution in [1.82, 2.24) is 4.90 Å². The van der Waals surface area contributed by atoms with Gasteiger partial charge in [-0.15, -0.1) is 6.58 Å². The maximum atomic E-state index is 12.4. The molecule has 24 heavy (non-hydrogen) atoms. The van der Waals surface area contributed by atoms with Crippen molar-refractivity contribution in [3.05, 3.63) is 75.9 Å². The monoisotopic (exact) mass is 432 g/mol. The van der Waals surface area contributed by atoms with Crippen LogP contribution in [0.4, 0.5) is 0 Å². The van der Waals surface area contributed by atoms with Gasteiger partial charge in [-0.05, 0) is 64.6 Å². The van der Waals surface area contributed by atoms with Gasteiger partial charge in [0.1, 0.15) is 5.75 Å². The molecule has 0 aliphatic rings. The molecule has 0 bridgehead atoms. The van der Waals surface area contributed by atoms with Crippen molar-refractivity contribution < 1.29 is 9.53 Å². The van der Waals surface area contributed by atoms with Gasteiger partial charge in [0.25, 0.3) is 5.91 Å². The average molecular weight is 432 g/mol. The van der Waals surface area contributed by atoms with Crippen molar-refractivity contribution in [3.8, 4) is 11.8 Å². The van der Waals surface area contributed by atoms with E-state index in [1.807, 2.05) is 36.4 Å². The minimum Gasteiger partial charge on any atom is -0.484 e. The van der Waals surface area contributed by atoms with Crippen molar-refractivity contribution in [3.63, 3.8) is 0 Å². The Bertz CT molecular complexity index is 733. The fraction of sp³-hybridized carbons (Fsp3) is 0.158. The van der Waals surface area contributed by atoms with E-state index in [2.05, 4.69) is 35.2 Å². The van der Waals surface area contributed by atoms with Crippen LogP contribution < -0.4 is 4.74 Å². The Labute approximate surface area is 155 Å². The van der Waals surface area contributed by atoms with Crippen molar-refractivity contribution in [2.75, 3.05) is 13.2 Å². The third kappa shape index (κ3) is 5.39. The van der Waals surface area contributed by atoms with Gasteiger partial charge in [0.2, 0.25) is 0 Å².